The highest BCUT2D eigenvalue weighted by atomic mass is 32.2. The topological polar surface area (TPSA) is 168 Å². The third kappa shape index (κ3) is 9.33. The van der Waals surface area contributed by atoms with Crippen LogP contribution in [0.4, 0.5) is 9.93 Å². The van der Waals surface area contributed by atoms with E-state index in [9.17, 15) is 19.2 Å². The maximum absolute atomic E-state index is 14.3. The molecular weight excluding hydrogens is 755 g/mol. The van der Waals surface area contributed by atoms with E-state index in [-0.39, 0.29) is 16.4 Å². The van der Waals surface area contributed by atoms with Gasteiger partial charge in [-0.15, -0.1) is 40.0 Å². The fourth-order valence-corrected chi connectivity index (χ4v) is 9.71. The second kappa shape index (κ2) is 17.0. The van der Waals surface area contributed by atoms with Crippen LogP contribution in [0, 0.1) is 0 Å². The largest absolute Gasteiger partial charge is 0.448 e. The molecule has 2 aliphatic heterocycles. The summed E-state index contributed by atoms with van der Waals surface area (Å²) in [6, 6.07) is 18.0. The summed E-state index contributed by atoms with van der Waals surface area (Å²) in [7, 11) is 0. The number of hydrogen-bond donors (Lipinski definition) is 3. The molecule has 0 aliphatic carbocycles. The van der Waals surface area contributed by atoms with E-state index in [1.165, 1.54) is 40.2 Å². The summed E-state index contributed by atoms with van der Waals surface area (Å²) in [4.78, 5) is 60.8. The smallest absolute Gasteiger partial charge is 0.413 e. The lowest BCUT2D eigenvalue weighted by Gasteiger charge is -2.49. The van der Waals surface area contributed by atoms with Crippen LogP contribution in [-0.4, -0.2) is 77.0 Å². The lowest BCUT2D eigenvalue weighted by molar-refractivity contribution is -0.154. The minimum absolute atomic E-state index is 0.161. The van der Waals surface area contributed by atoms with Crippen LogP contribution in [0.1, 0.15) is 57.0 Å². The van der Waals surface area contributed by atoms with Gasteiger partial charge in [0.1, 0.15) is 27.7 Å². The third-order valence-corrected chi connectivity index (χ3v) is 12.1. The van der Waals surface area contributed by atoms with Crippen LogP contribution in [0.2, 0.25) is 0 Å². The molecule has 1 saturated heterocycles. The van der Waals surface area contributed by atoms with Crippen LogP contribution in [0.3, 0.4) is 0 Å². The molecule has 1 fully saturated rings. The highest BCUT2D eigenvalue weighted by Crippen LogP contribution is 2.45. The number of aromatic amines is 1. The number of benzene rings is 2. The highest BCUT2D eigenvalue weighted by molar-refractivity contribution is 8.18. The minimum atomic E-state index is -0.899. The van der Waals surface area contributed by atoms with Gasteiger partial charge in [-0.1, -0.05) is 90.6 Å². The van der Waals surface area contributed by atoms with E-state index < -0.39 is 47.0 Å². The maximum Gasteiger partial charge on any atom is 0.413 e. The zero-order valence-corrected chi connectivity index (χ0v) is 32.5. The van der Waals surface area contributed by atoms with E-state index in [4.69, 9.17) is 9.47 Å². The van der Waals surface area contributed by atoms with E-state index in [2.05, 4.69) is 31.0 Å². The molecule has 0 radical (unpaired) electrons. The number of nitrogens with one attached hydrogen (secondary N) is 3. The van der Waals surface area contributed by atoms with Gasteiger partial charge in [-0.2, -0.15) is 0 Å². The molecule has 13 nitrogen and oxygen atoms in total. The molecule has 276 valence electrons. The van der Waals surface area contributed by atoms with E-state index in [1.54, 1.807) is 38.4 Å². The quantitative estimate of drug-likeness (QED) is 0.0425. The number of allylic oxidation sites excluding steroid dienone is 1. The van der Waals surface area contributed by atoms with Gasteiger partial charge in [0, 0.05) is 16.0 Å². The molecule has 4 aromatic rings. The van der Waals surface area contributed by atoms with E-state index >= 15 is 0 Å². The van der Waals surface area contributed by atoms with Crippen LogP contribution in [0.15, 0.2) is 93.9 Å². The second-order valence-corrected chi connectivity index (χ2v) is 17.0. The standard InChI is InChI=1S/C36H37N7O6S4/c1-5-12-23(24-18-51-34(38-24)40-35(47)49-36(2,3)4)30(44)39-27-31(45)43-28(25(19-50-32(27)43)52-20-53-26-17-37-42-41-26)33(46)48-29(21-13-8-6-9-14-21)22-15-10-7-11-16-22/h6-18,27,29,32H,5,19-20H2,1-4H3,(H,39,44)(H,37,41,42)(H,38,40,47)/b23-12-/t27-,32+/m1/s1. The Morgan fingerprint density at radius 2 is 1.77 bits per heavy atom. The van der Waals surface area contributed by atoms with E-state index in [1.807, 2.05) is 67.6 Å². The average molecular weight is 792 g/mol. The number of esters is 1. The number of thioether (sulfide) groups is 3. The summed E-state index contributed by atoms with van der Waals surface area (Å²) in [5.41, 5.74) is 1.65. The molecule has 3 N–H and O–H groups in total. The van der Waals surface area contributed by atoms with Crippen molar-refractivity contribution in [2.45, 2.75) is 62.3 Å². The second-order valence-electron chi connectivity index (χ2n) is 12.6. The van der Waals surface area contributed by atoms with E-state index in [0.29, 0.717) is 32.9 Å². The van der Waals surface area contributed by atoms with Gasteiger partial charge in [0.05, 0.1) is 22.5 Å². The number of fused-ring (bicyclic) bond motifs is 1. The number of amides is 3. The Morgan fingerprint density at radius 3 is 2.40 bits per heavy atom. The van der Waals surface area contributed by atoms with Gasteiger partial charge in [-0.25, -0.2) is 14.6 Å². The summed E-state index contributed by atoms with van der Waals surface area (Å²) >= 11 is 5.48. The zero-order valence-electron chi connectivity index (χ0n) is 29.2. The predicted molar refractivity (Wildman–Crippen MR) is 208 cm³/mol. The predicted octanol–water partition coefficient (Wildman–Crippen LogP) is 6.83. The lowest BCUT2D eigenvalue weighted by atomic mass is 10.0. The first-order valence-corrected chi connectivity index (χ1v) is 20.5. The Balaban J connectivity index is 1.21. The Hall–Kier alpha value is -4.58. The molecule has 53 heavy (non-hydrogen) atoms. The molecule has 0 spiro atoms. The number of carbonyl (C=O) groups excluding carboxylic acids is 4. The summed E-state index contributed by atoms with van der Waals surface area (Å²) in [5, 5.41) is 18.5. The Kier molecular flexibility index (Phi) is 12.3. The molecule has 17 heteroatoms. The number of rotatable bonds is 13. The number of H-pyrrole nitrogens is 1. The first-order valence-electron chi connectivity index (χ1n) is 16.6. The summed E-state index contributed by atoms with van der Waals surface area (Å²) in [6.45, 7) is 7.15. The number of ether oxygens (including phenoxy) is 2. The van der Waals surface area contributed by atoms with Crippen LogP contribution < -0.4 is 10.6 Å². The molecule has 6 rings (SSSR count). The van der Waals surface area contributed by atoms with Crippen molar-refractivity contribution in [3.63, 3.8) is 0 Å². The number of aromatic nitrogens is 4. The molecule has 2 aromatic carbocycles. The van der Waals surface area contributed by atoms with Crippen molar-refractivity contribution in [3.8, 4) is 0 Å². The Morgan fingerprint density at radius 1 is 1.08 bits per heavy atom. The van der Waals surface area contributed by atoms with Gasteiger partial charge in [0.2, 0.25) is 0 Å². The van der Waals surface area contributed by atoms with Crippen molar-refractivity contribution in [2.75, 3.05) is 16.2 Å². The zero-order chi connectivity index (χ0) is 37.5. The summed E-state index contributed by atoms with van der Waals surface area (Å²) in [6.07, 6.45) is 2.54. The molecule has 2 aromatic heterocycles. The lowest BCUT2D eigenvalue weighted by Crippen LogP contribution is -2.70. The fourth-order valence-electron chi connectivity index (χ4n) is 5.44. The molecule has 0 bridgehead atoms. The molecule has 2 atom stereocenters. The minimum Gasteiger partial charge on any atom is -0.448 e. The fraction of sp³-hybridized carbons (Fsp3) is 0.306. The number of hydrogen-bond acceptors (Lipinski definition) is 13. The van der Waals surface area contributed by atoms with Gasteiger partial charge < -0.3 is 14.8 Å². The number of thiazole rings is 1. The normalized spacial score (nSPS) is 17.3. The van der Waals surface area contributed by atoms with Crippen LogP contribution in [-0.2, 0) is 23.9 Å². The molecule has 0 saturated carbocycles. The third-order valence-electron chi connectivity index (χ3n) is 7.72. The van der Waals surface area contributed by atoms with Gasteiger partial charge in [0.15, 0.2) is 11.2 Å². The molecular formula is C36H37N7O6S4. The van der Waals surface area contributed by atoms with Crippen LogP contribution in [0.25, 0.3) is 5.57 Å². The Bertz CT molecular complexity index is 1960. The van der Waals surface area contributed by atoms with Crippen molar-refractivity contribution in [1.82, 2.24) is 30.6 Å². The number of β-lactam (4-membered cyclic amide) rings is 1. The number of anilines is 1. The summed E-state index contributed by atoms with van der Waals surface area (Å²) in [5.74, 6) is -1.15. The van der Waals surface area contributed by atoms with Gasteiger partial charge in [0.25, 0.3) is 11.8 Å². The van der Waals surface area contributed by atoms with Gasteiger partial charge >= 0.3 is 12.1 Å². The maximum atomic E-state index is 14.3. The highest BCUT2D eigenvalue weighted by Gasteiger charge is 2.55. The van der Waals surface area contributed by atoms with Crippen molar-refractivity contribution in [3.05, 3.63) is 106 Å². The Labute approximate surface area is 323 Å². The summed E-state index contributed by atoms with van der Waals surface area (Å²) < 4.78 is 11.6. The van der Waals surface area contributed by atoms with Crippen molar-refractivity contribution >= 4 is 81.2 Å². The first kappa shape index (κ1) is 38.2. The van der Waals surface area contributed by atoms with Gasteiger partial charge in [-0.05, 0) is 38.3 Å². The van der Waals surface area contributed by atoms with Crippen LogP contribution in [0.5, 0.6) is 0 Å². The van der Waals surface area contributed by atoms with Crippen molar-refractivity contribution < 1.29 is 28.7 Å². The van der Waals surface area contributed by atoms with Crippen LogP contribution >= 0.6 is 46.6 Å². The molecule has 3 amide bonds. The SMILES string of the molecule is CC/C=C(\C(=O)N[C@@H]1C(=O)N2C(C(=O)OC(c3ccccc3)c3ccccc3)=C(SCSc3c[nH]nn3)CS[C@@H]12)c1csc(NC(=O)OC(C)(C)C)n1. The van der Waals surface area contributed by atoms with Crippen molar-refractivity contribution in [1.29, 1.82) is 0 Å². The average Bonchev–Trinajstić information content (AvgIpc) is 3.84. The first-order chi connectivity index (χ1) is 25.5. The van der Waals surface area contributed by atoms with Crippen molar-refractivity contribution in [2.24, 2.45) is 0 Å². The monoisotopic (exact) mass is 791 g/mol. The number of nitrogens with zero attached hydrogens (tertiary/aromatic N) is 4. The van der Waals surface area contributed by atoms with E-state index in [0.717, 1.165) is 22.5 Å². The number of carbonyl (C=O) groups is 4. The molecule has 0 unspecified atom stereocenters. The molecule has 4 heterocycles. The van der Waals surface area contributed by atoms with Gasteiger partial charge in [-0.3, -0.25) is 24.9 Å². The molecule has 2 aliphatic rings.